The van der Waals surface area contributed by atoms with Gasteiger partial charge in [-0.1, -0.05) is 33.8 Å². The first kappa shape index (κ1) is 20.1. The molecule has 1 aromatic carbocycles. The van der Waals surface area contributed by atoms with Crippen LogP contribution in [0.1, 0.15) is 33.4 Å². The maximum atomic E-state index is 5.12. The molecule has 0 aliphatic heterocycles. The van der Waals surface area contributed by atoms with Crippen LogP contribution in [0.25, 0.3) is 10.9 Å². The van der Waals surface area contributed by atoms with Crippen LogP contribution in [0.5, 0.6) is 5.75 Å². The number of ether oxygens (including phenoxy) is 1. The van der Waals surface area contributed by atoms with E-state index in [1.54, 1.807) is 7.11 Å². The summed E-state index contributed by atoms with van der Waals surface area (Å²) in [5, 5.41) is 1.12. The fourth-order valence-corrected chi connectivity index (χ4v) is 1.33. The zero-order valence-corrected chi connectivity index (χ0v) is 16.0. The molecule has 2 aromatic rings. The van der Waals surface area contributed by atoms with Gasteiger partial charge in [0.1, 0.15) is 5.75 Å². The van der Waals surface area contributed by atoms with Gasteiger partial charge >= 0.3 is 0 Å². The molecule has 97 valence electrons. The van der Waals surface area contributed by atoms with E-state index in [1.807, 2.05) is 58.9 Å². The Hall–Kier alpha value is -0.206. The van der Waals surface area contributed by atoms with Crippen LogP contribution >= 0.6 is 0 Å². The first-order valence-electron chi connectivity index (χ1n) is 6.21. The molecule has 0 saturated carbocycles. The number of methoxy groups -OCH3 is 1. The summed E-state index contributed by atoms with van der Waals surface area (Å²) in [4.78, 5) is 4.40. The van der Waals surface area contributed by atoms with Crippen molar-refractivity contribution in [2.75, 3.05) is 7.11 Å². The summed E-state index contributed by atoms with van der Waals surface area (Å²) in [6.45, 7) is 9.99. The second-order valence-corrected chi connectivity index (χ2v) is 3.01. The van der Waals surface area contributed by atoms with Crippen LogP contribution in [0.15, 0.2) is 30.3 Å². The maximum Gasteiger partial charge on any atom is 0.119 e. The standard InChI is InChI=1S/C11H11NO.2C2H6.Pr/c1-8-3-4-9-7-10(13-2)5-6-11(9)12-8;2*1-2;/h3-7H,1-2H3;2*1-2H3;. The number of pyridine rings is 1. The summed E-state index contributed by atoms with van der Waals surface area (Å²) in [5.41, 5.74) is 2.05. The predicted octanol–water partition coefficient (Wildman–Crippen LogP) is 4.60. The Balaban J connectivity index is 0. The summed E-state index contributed by atoms with van der Waals surface area (Å²) >= 11 is 0. The van der Waals surface area contributed by atoms with Gasteiger partial charge in [-0.3, -0.25) is 4.98 Å². The third-order valence-electron chi connectivity index (χ3n) is 2.04. The Morgan fingerprint density at radius 2 is 1.56 bits per heavy atom. The van der Waals surface area contributed by atoms with Gasteiger partial charge in [0.15, 0.2) is 0 Å². The first-order chi connectivity index (χ1) is 8.29. The summed E-state index contributed by atoms with van der Waals surface area (Å²) in [6.07, 6.45) is 0. The summed E-state index contributed by atoms with van der Waals surface area (Å²) in [6, 6.07) is 9.94. The monoisotopic (exact) mass is 374 g/mol. The van der Waals surface area contributed by atoms with E-state index < -0.39 is 0 Å². The second-order valence-electron chi connectivity index (χ2n) is 3.01. The van der Waals surface area contributed by atoms with E-state index in [-0.39, 0.29) is 41.3 Å². The molecular weight excluding hydrogens is 351 g/mol. The minimum absolute atomic E-state index is 0. The molecule has 0 N–H and O–H groups in total. The van der Waals surface area contributed by atoms with E-state index in [0.29, 0.717) is 0 Å². The predicted molar refractivity (Wildman–Crippen MR) is 75.7 cm³/mol. The van der Waals surface area contributed by atoms with Crippen LogP contribution in [0, 0.1) is 48.2 Å². The average Bonchev–Trinajstić information content (AvgIpc) is 2.42. The molecular formula is C15H23NOPr. The van der Waals surface area contributed by atoms with Crippen molar-refractivity contribution in [1.82, 2.24) is 4.98 Å². The van der Waals surface area contributed by atoms with Gasteiger partial charge in [0.25, 0.3) is 0 Å². The Morgan fingerprint density at radius 3 is 2.11 bits per heavy atom. The van der Waals surface area contributed by atoms with Gasteiger partial charge in [0.2, 0.25) is 0 Å². The zero-order chi connectivity index (χ0) is 13.3. The van der Waals surface area contributed by atoms with Crippen molar-refractivity contribution < 1.29 is 46.0 Å². The molecule has 0 bridgehead atoms. The van der Waals surface area contributed by atoms with E-state index in [0.717, 1.165) is 22.3 Å². The van der Waals surface area contributed by atoms with Crippen LogP contribution < -0.4 is 4.74 Å². The van der Waals surface area contributed by atoms with E-state index in [2.05, 4.69) is 11.1 Å². The minimum Gasteiger partial charge on any atom is -0.497 e. The molecule has 1 aromatic heterocycles. The number of aryl methyl sites for hydroxylation is 1. The molecule has 0 fully saturated rings. The van der Waals surface area contributed by atoms with E-state index >= 15 is 0 Å². The van der Waals surface area contributed by atoms with Crippen molar-refractivity contribution in [2.45, 2.75) is 34.6 Å². The van der Waals surface area contributed by atoms with E-state index in [4.69, 9.17) is 4.74 Å². The molecule has 0 spiro atoms. The molecule has 0 atom stereocenters. The summed E-state index contributed by atoms with van der Waals surface area (Å²) in [7, 11) is 1.67. The molecule has 1 radical (unpaired) electrons. The fraction of sp³-hybridized carbons (Fsp3) is 0.400. The smallest absolute Gasteiger partial charge is 0.119 e. The summed E-state index contributed by atoms with van der Waals surface area (Å²) in [5.74, 6) is 0.873. The van der Waals surface area contributed by atoms with Crippen molar-refractivity contribution >= 4 is 10.9 Å². The topological polar surface area (TPSA) is 22.1 Å². The van der Waals surface area contributed by atoms with Crippen LogP contribution in [0.2, 0.25) is 0 Å². The number of rotatable bonds is 1. The fourth-order valence-electron chi connectivity index (χ4n) is 1.33. The van der Waals surface area contributed by atoms with Crippen molar-refractivity contribution in [2.24, 2.45) is 0 Å². The van der Waals surface area contributed by atoms with E-state index in [9.17, 15) is 0 Å². The molecule has 0 aliphatic carbocycles. The van der Waals surface area contributed by atoms with Gasteiger partial charge in [-0.2, -0.15) is 0 Å². The Morgan fingerprint density at radius 1 is 0.944 bits per heavy atom. The van der Waals surface area contributed by atoms with E-state index in [1.165, 1.54) is 0 Å². The third kappa shape index (κ3) is 6.11. The SMILES string of the molecule is CC.CC.COc1ccc2nc(C)ccc2c1.[Pr]. The average molecular weight is 374 g/mol. The Labute approximate surface area is 144 Å². The van der Waals surface area contributed by atoms with Crippen LogP contribution in [-0.4, -0.2) is 12.1 Å². The largest absolute Gasteiger partial charge is 0.497 e. The molecule has 0 unspecified atom stereocenters. The van der Waals surface area contributed by atoms with Crippen LogP contribution in [0.4, 0.5) is 0 Å². The second kappa shape index (κ2) is 11.9. The van der Waals surface area contributed by atoms with Gasteiger partial charge in [0.05, 0.1) is 12.6 Å². The molecule has 1 heterocycles. The molecule has 2 nitrogen and oxygen atoms in total. The molecule has 2 rings (SSSR count). The number of aromatic nitrogens is 1. The molecule has 0 saturated heterocycles. The summed E-state index contributed by atoms with van der Waals surface area (Å²) < 4.78 is 5.12. The molecule has 0 aliphatic rings. The number of nitrogens with zero attached hydrogens (tertiary/aromatic N) is 1. The zero-order valence-electron chi connectivity index (χ0n) is 12.3. The van der Waals surface area contributed by atoms with Crippen molar-refractivity contribution in [3.05, 3.63) is 36.0 Å². The third-order valence-corrected chi connectivity index (χ3v) is 2.04. The van der Waals surface area contributed by atoms with Crippen LogP contribution in [-0.2, 0) is 0 Å². The molecule has 3 heteroatoms. The molecule has 0 amide bonds. The number of fused-ring (bicyclic) bond motifs is 1. The van der Waals surface area contributed by atoms with Gasteiger partial charge in [-0.15, -0.1) is 0 Å². The first-order valence-corrected chi connectivity index (χ1v) is 6.21. The minimum atomic E-state index is 0. The molecule has 18 heavy (non-hydrogen) atoms. The normalized spacial score (nSPS) is 8.11. The number of hydrogen-bond donors (Lipinski definition) is 0. The van der Waals surface area contributed by atoms with Crippen molar-refractivity contribution in [3.8, 4) is 5.75 Å². The Bertz CT molecular complexity index is 443. The maximum absolute atomic E-state index is 5.12. The Kier molecular flexibility index (Phi) is 13.3. The van der Waals surface area contributed by atoms with Gasteiger partial charge in [-0.25, -0.2) is 0 Å². The van der Waals surface area contributed by atoms with Gasteiger partial charge in [0, 0.05) is 52.4 Å². The van der Waals surface area contributed by atoms with Gasteiger partial charge in [-0.05, 0) is 31.2 Å². The quantitative estimate of drug-likeness (QED) is 0.728. The van der Waals surface area contributed by atoms with Crippen LogP contribution in [0.3, 0.4) is 0 Å². The number of hydrogen-bond acceptors (Lipinski definition) is 2. The van der Waals surface area contributed by atoms with Crippen molar-refractivity contribution in [1.29, 1.82) is 0 Å². The van der Waals surface area contributed by atoms with Crippen molar-refractivity contribution in [3.63, 3.8) is 0 Å². The van der Waals surface area contributed by atoms with Gasteiger partial charge < -0.3 is 4.74 Å². The number of benzene rings is 1.